The van der Waals surface area contributed by atoms with E-state index in [2.05, 4.69) is 4.98 Å². The molecule has 3 N–H and O–H groups in total. The van der Waals surface area contributed by atoms with Gasteiger partial charge in [-0.15, -0.1) is 0 Å². The molecule has 15 heavy (non-hydrogen) atoms. The SMILES string of the molecule is Cc1ccc(CC(N)CCC(=O)O)nc1. The lowest BCUT2D eigenvalue weighted by Gasteiger charge is -2.09. The first kappa shape index (κ1) is 11.7. The fraction of sp³-hybridized carbons (Fsp3) is 0.455. The van der Waals surface area contributed by atoms with E-state index in [1.807, 2.05) is 19.1 Å². The van der Waals surface area contributed by atoms with Crippen molar-refractivity contribution in [1.82, 2.24) is 4.98 Å². The summed E-state index contributed by atoms with van der Waals surface area (Å²) in [6.45, 7) is 1.97. The number of rotatable bonds is 5. The van der Waals surface area contributed by atoms with Gasteiger partial charge in [0.15, 0.2) is 0 Å². The van der Waals surface area contributed by atoms with Gasteiger partial charge in [0.25, 0.3) is 0 Å². The third kappa shape index (κ3) is 4.56. The van der Waals surface area contributed by atoms with E-state index in [-0.39, 0.29) is 12.5 Å². The summed E-state index contributed by atoms with van der Waals surface area (Å²) in [6, 6.07) is 3.78. The molecule has 1 atom stereocenters. The van der Waals surface area contributed by atoms with Crippen molar-refractivity contribution < 1.29 is 9.90 Å². The first-order valence-corrected chi connectivity index (χ1v) is 4.97. The van der Waals surface area contributed by atoms with Crippen LogP contribution < -0.4 is 5.73 Å². The molecule has 0 bridgehead atoms. The van der Waals surface area contributed by atoms with Gasteiger partial charge in [0.1, 0.15) is 0 Å². The average Bonchev–Trinajstić information content (AvgIpc) is 2.19. The summed E-state index contributed by atoms with van der Waals surface area (Å²) in [5.41, 5.74) is 7.81. The minimum Gasteiger partial charge on any atom is -0.481 e. The van der Waals surface area contributed by atoms with Gasteiger partial charge in [-0.25, -0.2) is 0 Å². The molecule has 4 heteroatoms. The first-order valence-electron chi connectivity index (χ1n) is 4.97. The molecule has 0 fully saturated rings. The van der Waals surface area contributed by atoms with Crippen LogP contribution in [-0.2, 0) is 11.2 Å². The monoisotopic (exact) mass is 208 g/mol. The fourth-order valence-corrected chi connectivity index (χ4v) is 1.30. The number of nitrogens with zero attached hydrogens (tertiary/aromatic N) is 1. The van der Waals surface area contributed by atoms with Crippen molar-refractivity contribution in [1.29, 1.82) is 0 Å². The Morgan fingerprint density at radius 1 is 1.60 bits per heavy atom. The van der Waals surface area contributed by atoms with E-state index in [1.54, 1.807) is 6.20 Å². The van der Waals surface area contributed by atoms with Crippen molar-refractivity contribution in [2.24, 2.45) is 5.73 Å². The number of aliphatic carboxylic acids is 1. The van der Waals surface area contributed by atoms with Gasteiger partial charge in [-0.05, 0) is 25.0 Å². The van der Waals surface area contributed by atoms with Crippen molar-refractivity contribution in [3.8, 4) is 0 Å². The molecule has 0 aliphatic heterocycles. The normalized spacial score (nSPS) is 12.4. The molecule has 4 nitrogen and oxygen atoms in total. The van der Waals surface area contributed by atoms with Crippen LogP contribution in [0.3, 0.4) is 0 Å². The van der Waals surface area contributed by atoms with Crippen LogP contribution in [0.4, 0.5) is 0 Å². The molecule has 1 unspecified atom stereocenters. The van der Waals surface area contributed by atoms with Crippen LogP contribution in [-0.4, -0.2) is 22.1 Å². The molecule has 1 aromatic rings. The van der Waals surface area contributed by atoms with Crippen LogP contribution in [0.25, 0.3) is 0 Å². The van der Waals surface area contributed by atoms with Gasteiger partial charge in [0.2, 0.25) is 0 Å². The lowest BCUT2D eigenvalue weighted by atomic mass is 10.1. The van der Waals surface area contributed by atoms with Gasteiger partial charge in [-0.2, -0.15) is 0 Å². The van der Waals surface area contributed by atoms with Gasteiger partial charge in [0, 0.05) is 30.8 Å². The van der Waals surface area contributed by atoms with Crippen LogP contribution in [0, 0.1) is 6.92 Å². The van der Waals surface area contributed by atoms with Gasteiger partial charge in [-0.3, -0.25) is 9.78 Å². The summed E-state index contributed by atoms with van der Waals surface area (Å²) < 4.78 is 0. The Bertz CT molecular complexity index is 322. The van der Waals surface area contributed by atoms with E-state index in [9.17, 15) is 4.79 Å². The summed E-state index contributed by atoms with van der Waals surface area (Å²) in [7, 11) is 0. The zero-order chi connectivity index (χ0) is 11.3. The van der Waals surface area contributed by atoms with Crippen molar-refractivity contribution in [3.63, 3.8) is 0 Å². The molecule has 0 saturated carbocycles. The molecule has 0 aliphatic rings. The Balaban J connectivity index is 2.40. The largest absolute Gasteiger partial charge is 0.481 e. The zero-order valence-electron chi connectivity index (χ0n) is 8.81. The van der Waals surface area contributed by atoms with Crippen LogP contribution in [0.5, 0.6) is 0 Å². The Hall–Kier alpha value is -1.42. The maximum atomic E-state index is 10.3. The lowest BCUT2D eigenvalue weighted by Crippen LogP contribution is -2.24. The van der Waals surface area contributed by atoms with Gasteiger partial charge in [-0.1, -0.05) is 6.07 Å². The van der Waals surface area contributed by atoms with Gasteiger partial charge < -0.3 is 10.8 Å². The average molecular weight is 208 g/mol. The Morgan fingerprint density at radius 2 is 2.33 bits per heavy atom. The number of aromatic nitrogens is 1. The van der Waals surface area contributed by atoms with Crippen LogP contribution >= 0.6 is 0 Å². The van der Waals surface area contributed by atoms with Crippen molar-refractivity contribution >= 4 is 5.97 Å². The van der Waals surface area contributed by atoms with E-state index in [0.717, 1.165) is 11.3 Å². The predicted molar refractivity (Wildman–Crippen MR) is 57.5 cm³/mol. The Kier molecular flexibility index (Phi) is 4.24. The maximum absolute atomic E-state index is 10.3. The lowest BCUT2D eigenvalue weighted by molar-refractivity contribution is -0.137. The number of carboxylic acids is 1. The molecule has 1 aromatic heterocycles. The van der Waals surface area contributed by atoms with Crippen LogP contribution in [0.15, 0.2) is 18.3 Å². The molecule has 0 radical (unpaired) electrons. The number of pyridine rings is 1. The first-order chi connectivity index (χ1) is 7.08. The van der Waals surface area contributed by atoms with Gasteiger partial charge >= 0.3 is 5.97 Å². The number of carboxylic acid groups (broad SMARTS) is 1. The van der Waals surface area contributed by atoms with Crippen molar-refractivity contribution in [2.75, 3.05) is 0 Å². The second-order valence-electron chi connectivity index (χ2n) is 3.72. The molecule has 0 amide bonds. The second kappa shape index (κ2) is 5.46. The minimum absolute atomic E-state index is 0.118. The standard InChI is InChI=1S/C11H16N2O2/c1-8-2-4-10(13-7-8)6-9(12)3-5-11(14)15/h2,4,7,9H,3,5-6,12H2,1H3,(H,14,15). The highest BCUT2D eigenvalue weighted by molar-refractivity contribution is 5.66. The van der Waals surface area contributed by atoms with Gasteiger partial charge in [0.05, 0.1) is 0 Å². The molecule has 0 saturated heterocycles. The summed E-state index contributed by atoms with van der Waals surface area (Å²) in [5, 5.41) is 8.49. The molecule has 82 valence electrons. The highest BCUT2D eigenvalue weighted by Crippen LogP contribution is 2.04. The van der Waals surface area contributed by atoms with E-state index < -0.39 is 5.97 Å². The fourth-order valence-electron chi connectivity index (χ4n) is 1.30. The van der Waals surface area contributed by atoms with E-state index >= 15 is 0 Å². The molecule has 1 rings (SSSR count). The van der Waals surface area contributed by atoms with Crippen molar-refractivity contribution in [3.05, 3.63) is 29.6 Å². The smallest absolute Gasteiger partial charge is 0.303 e. The molecule has 0 spiro atoms. The number of hydrogen-bond donors (Lipinski definition) is 2. The number of carbonyl (C=O) groups is 1. The number of hydrogen-bond acceptors (Lipinski definition) is 3. The predicted octanol–water partition coefficient (Wildman–Crippen LogP) is 1.12. The van der Waals surface area contributed by atoms with Crippen molar-refractivity contribution in [2.45, 2.75) is 32.2 Å². The third-order valence-electron chi connectivity index (χ3n) is 2.17. The summed E-state index contributed by atoms with van der Waals surface area (Å²) in [4.78, 5) is 14.5. The molecule has 0 aromatic carbocycles. The third-order valence-corrected chi connectivity index (χ3v) is 2.17. The molecular formula is C11H16N2O2. The summed E-state index contributed by atoms with van der Waals surface area (Å²) >= 11 is 0. The minimum atomic E-state index is -0.803. The second-order valence-corrected chi connectivity index (χ2v) is 3.72. The highest BCUT2D eigenvalue weighted by atomic mass is 16.4. The summed E-state index contributed by atoms with van der Waals surface area (Å²) in [6.07, 6.45) is 3.03. The van der Waals surface area contributed by atoms with E-state index in [0.29, 0.717) is 12.8 Å². The Morgan fingerprint density at radius 3 is 2.87 bits per heavy atom. The van der Waals surface area contributed by atoms with Crippen LogP contribution in [0.2, 0.25) is 0 Å². The number of nitrogens with two attached hydrogens (primary N) is 1. The quantitative estimate of drug-likeness (QED) is 0.760. The topological polar surface area (TPSA) is 76.2 Å². The zero-order valence-corrected chi connectivity index (χ0v) is 8.81. The summed E-state index contributed by atoms with van der Waals surface area (Å²) in [5.74, 6) is -0.803. The Labute approximate surface area is 89.1 Å². The van der Waals surface area contributed by atoms with Crippen LogP contribution in [0.1, 0.15) is 24.1 Å². The number of aryl methyl sites for hydroxylation is 1. The molecule has 1 heterocycles. The van der Waals surface area contributed by atoms with E-state index in [1.165, 1.54) is 0 Å². The highest BCUT2D eigenvalue weighted by Gasteiger charge is 2.07. The molecular weight excluding hydrogens is 192 g/mol. The molecule has 0 aliphatic carbocycles. The maximum Gasteiger partial charge on any atom is 0.303 e. The van der Waals surface area contributed by atoms with E-state index in [4.69, 9.17) is 10.8 Å².